The van der Waals surface area contributed by atoms with Gasteiger partial charge in [0.15, 0.2) is 5.13 Å². The summed E-state index contributed by atoms with van der Waals surface area (Å²) in [5, 5.41) is 4.26. The minimum atomic E-state index is 0.665. The molecule has 1 N–H and O–H groups in total. The zero-order valence-corrected chi connectivity index (χ0v) is 17.2. The van der Waals surface area contributed by atoms with Gasteiger partial charge in [0.1, 0.15) is 5.82 Å². The van der Waals surface area contributed by atoms with E-state index in [0.717, 1.165) is 33.3 Å². The van der Waals surface area contributed by atoms with Crippen molar-refractivity contribution in [1.29, 1.82) is 0 Å². The van der Waals surface area contributed by atoms with Crippen LogP contribution in [0.4, 0.5) is 10.9 Å². The molecule has 0 saturated carbocycles. The Morgan fingerprint density at radius 3 is 2.79 bits per heavy atom. The summed E-state index contributed by atoms with van der Waals surface area (Å²) in [5.74, 6) is 0.850. The Morgan fingerprint density at radius 1 is 1.07 bits per heavy atom. The van der Waals surface area contributed by atoms with Crippen molar-refractivity contribution in [2.45, 2.75) is 32.4 Å². The second-order valence-electron chi connectivity index (χ2n) is 7.57. The van der Waals surface area contributed by atoms with Crippen molar-refractivity contribution >= 4 is 32.5 Å². The third-order valence-electron chi connectivity index (χ3n) is 5.54. The van der Waals surface area contributed by atoms with Crippen LogP contribution in [0.5, 0.6) is 0 Å². The van der Waals surface area contributed by atoms with Crippen LogP contribution in [0, 0.1) is 0 Å². The topological polar surface area (TPSA) is 53.9 Å². The minimum absolute atomic E-state index is 0.665. The van der Waals surface area contributed by atoms with E-state index in [-0.39, 0.29) is 0 Å². The summed E-state index contributed by atoms with van der Waals surface area (Å²) in [6.45, 7) is 4.48. The van der Waals surface area contributed by atoms with Gasteiger partial charge < -0.3 is 5.32 Å². The van der Waals surface area contributed by atoms with Gasteiger partial charge in [0.05, 0.1) is 10.2 Å². The SMILES string of the molecule is C[C@H]1CCCN1Cc1ccnc(Nc2nc3ccc(-c4ccncc4)cc3s2)c1. The number of rotatable bonds is 5. The molecule has 1 saturated heterocycles. The Balaban J connectivity index is 1.35. The van der Waals surface area contributed by atoms with E-state index >= 15 is 0 Å². The number of hydrogen-bond acceptors (Lipinski definition) is 6. The van der Waals surface area contributed by atoms with Crippen LogP contribution in [0.2, 0.25) is 0 Å². The van der Waals surface area contributed by atoms with Crippen molar-refractivity contribution in [2.24, 2.45) is 0 Å². The molecule has 29 heavy (non-hydrogen) atoms. The summed E-state index contributed by atoms with van der Waals surface area (Å²) in [5.41, 5.74) is 4.62. The summed E-state index contributed by atoms with van der Waals surface area (Å²) >= 11 is 1.65. The Bertz CT molecular complexity index is 1120. The van der Waals surface area contributed by atoms with E-state index < -0.39 is 0 Å². The molecule has 1 aromatic carbocycles. The molecule has 4 heterocycles. The lowest BCUT2D eigenvalue weighted by Crippen LogP contribution is -2.26. The Morgan fingerprint density at radius 2 is 1.97 bits per heavy atom. The number of nitrogens with zero attached hydrogens (tertiary/aromatic N) is 4. The predicted octanol–water partition coefficient (Wildman–Crippen LogP) is 5.48. The average molecular weight is 402 g/mol. The zero-order valence-electron chi connectivity index (χ0n) is 16.4. The number of benzene rings is 1. The van der Waals surface area contributed by atoms with Crippen molar-refractivity contribution in [3.63, 3.8) is 0 Å². The second-order valence-corrected chi connectivity index (χ2v) is 8.60. The fraction of sp³-hybridized carbons (Fsp3) is 0.261. The molecule has 0 bridgehead atoms. The van der Waals surface area contributed by atoms with Gasteiger partial charge in [-0.3, -0.25) is 9.88 Å². The van der Waals surface area contributed by atoms with E-state index in [2.05, 4.69) is 57.4 Å². The summed E-state index contributed by atoms with van der Waals surface area (Å²) in [7, 11) is 0. The maximum atomic E-state index is 4.73. The molecule has 3 aromatic heterocycles. The molecule has 0 spiro atoms. The first kappa shape index (κ1) is 18.2. The van der Waals surface area contributed by atoms with Crippen molar-refractivity contribution in [2.75, 3.05) is 11.9 Å². The van der Waals surface area contributed by atoms with E-state index in [4.69, 9.17) is 4.98 Å². The van der Waals surface area contributed by atoms with Crippen LogP contribution in [-0.4, -0.2) is 32.4 Å². The number of likely N-dealkylation sites (tertiary alicyclic amines) is 1. The molecule has 5 nitrogen and oxygen atoms in total. The van der Waals surface area contributed by atoms with Gasteiger partial charge in [-0.15, -0.1) is 0 Å². The number of thiazole rings is 1. The number of aromatic nitrogens is 3. The minimum Gasteiger partial charge on any atom is -0.316 e. The average Bonchev–Trinajstić information content (AvgIpc) is 3.33. The Kier molecular flexibility index (Phi) is 4.96. The van der Waals surface area contributed by atoms with E-state index in [0.29, 0.717) is 6.04 Å². The molecule has 0 amide bonds. The van der Waals surface area contributed by atoms with Crippen LogP contribution in [0.3, 0.4) is 0 Å². The third-order valence-corrected chi connectivity index (χ3v) is 6.47. The lowest BCUT2D eigenvalue weighted by Gasteiger charge is -2.21. The molecule has 5 rings (SSSR count). The van der Waals surface area contributed by atoms with Crippen LogP contribution >= 0.6 is 11.3 Å². The maximum Gasteiger partial charge on any atom is 0.189 e. The first-order valence-electron chi connectivity index (χ1n) is 10.0. The van der Waals surface area contributed by atoms with Crippen molar-refractivity contribution in [3.05, 3.63) is 66.6 Å². The molecule has 1 fully saturated rings. The van der Waals surface area contributed by atoms with Crippen LogP contribution < -0.4 is 5.32 Å². The summed E-state index contributed by atoms with van der Waals surface area (Å²) in [4.78, 5) is 15.9. The molecule has 1 atom stereocenters. The number of hydrogen-bond donors (Lipinski definition) is 1. The van der Waals surface area contributed by atoms with Gasteiger partial charge in [-0.05, 0) is 79.4 Å². The number of nitrogens with one attached hydrogen (secondary N) is 1. The van der Waals surface area contributed by atoms with Gasteiger partial charge in [-0.1, -0.05) is 17.4 Å². The van der Waals surface area contributed by atoms with Gasteiger partial charge in [-0.2, -0.15) is 0 Å². The van der Waals surface area contributed by atoms with Crippen LogP contribution in [0.25, 0.3) is 21.3 Å². The van der Waals surface area contributed by atoms with Crippen molar-refractivity contribution in [1.82, 2.24) is 19.9 Å². The monoisotopic (exact) mass is 401 g/mol. The molecule has 146 valence electrons. The molecule has 6 heteroatoms. The highest BCUT2D eigenvalue weighted by Crippen LogP contribution is 2.31. The first-order chi connectivity index (χ1) is 14.2. The van der Waals surface area contributed by atoms with Crippen LogP contribution in [0.1, 0.15) is 25.3 Å². The third kappa shape index (κ3) is 3.99. The molecule has 0 unspecified atom stereocenters. The normalized spacial score (nSPS) is 17.1. The van der Waals surface area contributed by atoms with Gasteiger partial charge >= 0.3 is 0 Å². The fourth-order valence-corrected chi connectivity index (χ4v) is 4.83. The molecular formula is C23H23N5S. The maximum absolute atomic E-state index is 4.73. The smallest absolute Gasteiger partial charge is 0.189 e. The summed E-state index contributed by atoms with van der Waals surface area (Å²) in [6.07, 6.45) is 8.11. The molecule has 4 aromatic rings. The molecule has 1 aliphatic heterocycles. The Labute approximate surface area is 174 Å². The van der Waals surface area contributed by atoms with E-state index in [9.17, 15) is 0 Å². The quantitative estimate of drug-likeness (QED) is 0.480. The van der Waals surface area contributed by atoms with Crippen molar-refractivity contribution < 1.29 is 0 Å². The van der Waals surface area contributed by atoms with Crippen molar-refractivity contribution in [3.8, 4) is 11.1 Å². The first-order valence-corrected chi connectivity index (χ1v) is 10.8. The molecular weight excluding hydrogens is 378 g/mol. The van der Waals surface area contributed by atoms with Crippen LogP contribution in [0.15, 0.2) is 61.1 Å². The standard InChI is InChI=1S/C23H23N5S/c1-16-3-2-12-28(16)15-17-6-11-25-22(13-17)27-23-26-20-5-4-19(14-21(20)29-23)18-7-9-24-10-8-18/h4-11,13-14,16H,2-3,12,15H2,1H3,(H,25,26,27)/t16-/m0/s1. The van der Waals surface area contributed by atoms with Gasteiger partial charge in [-0.25, -0.2) is 9.97 Å². The van der Waals surface area contributed by atoms with Gasteiger partial charge in [0.2, 0.25) is 0 Å². The molecule has 0 aliphatic carbocycles. The summed E-state index contributed by atoms with van der Waals surface area (Å²) in [6, 6.07) is 15.3. The fourth-order valence-electron chi connectivity index (χ4n) is 3.91. The highest BCUT2D eigenvalue weighted by Gasteiger charge is 2.20. The molecule has 1 aliphatic rings. The summed E-state index contributed by atoms with van der Waals surface area (Å²) < 4.78 is 1.16. The van der Waals surface area contributed by atoms with E-state index in [1.807, 2.05) is 30.7 Å². The highest BCUT2D eigenvalue weighted by molar-refractivity contribution is 7.22. The van der Waals surface area contributed by atoms with E-state index in [1.54, 1.807) is 11.3 Å². The lowest BCUT2D eigenvalue weighted by molar-refractivity contribution is 0.260. The number of anilines is 2. The number of fused-ring (bicyclic) bond motifs is 1. The molecule has 0 radical (unpaired) electrons. The largest absolute Gasteiger partial charge is 0.316 e. The van der Waals surface area contributed by atoms with Crippen LogP contribution in [-0.2, 0) is 6.54 Å². The van der Waals surface area contributed by atoms with Gasteiger partial charge in [0, 0.05) is 31.2 Å². The Hall–Kier alpha value is -2.83. The highest BCUT2D eigenvalue weighted by atomic mass is 32.1. The predicted molar refractivity (Wildman–Crippen MR) is 119 cm³/mol. The second kappa shape index (κ2) is 7.89. The van der Waals surface area contributed by atoms with E-state index in [1.165, 1.54) is 30.5 Å². The van der Waals surface area contributed by atoms with Gasteiger partial charge in [0.25, 0.3) is 0 Å². The number of pyridine rings is 2. The zero-order chi connectivity index (χ0) is 19.6. The lowest BCUT2D eigenvalue weighted by atomic mass is 10.1.